The summed E-state index contributed by atoms with van der Waals surface area (Å²) in [7, 11) is 0. The highest BCUT2D eigenvalue weighted by Gasteiger charge is 2.16. The summed E-state index contributed by atoms with van der Waals surface area (Å²) in [5, 5.41) is 4.66. The summed E-state index contributed by atoms with van der Waals surface area (Å²) in [6.07, 6.45) is 1.78. The van der Waals surface area contributed by atoms with Crippen LogP contribution in [-0.4, -0.2) is 31.1 Å². The van der Waals surface area contributed by atoms with Gasteiger partial charge in [-0.05, 0) is 38.3 Å². The lowest BCUT2D eigenvalue weighted by molar-refractivity contribution is -0.123. The Kier molecular flexibility index (Phi) is 7.25. The smallest absolute Gasteiger partial charge is 0.339 e. The highest BCUT2D eigenvalue weighted by Crippen LogP contribution is 2.17. The van der Waals surface area contributed by atoms with E-state index in [0.29, 0.717) is 12.1 Å². The Morgan fingerprint density at radius 1 is 1.09 bits per heavy atom. The van der Waals surface area contributed by atoms with E-state index in [9.17, 15) is 14.4 Å². The Morgan fingerprint density at radius 2 is 1.70 bits per heavy atom. The molecule has 0 aliphatic rings. The maximum Gasteiger partial charge on any atom is 0.339 e. The second-order valence-electron chi connectivity index (χ2n) is 5.51. The van der Waals surface area contributed by atoms with Gasteiger partial charge in [0.25, 0.3) is 5.91 Å². The van der Waals surface area contributed by atoms with Crippen LogP contribution in [0, 0.1) is 20.8 Å². The van der Waals surface area contributed by atoms with E-state index in [-0.39, 0.29) is 0 Å². The van der Waals surface area contributed by atoms with Crippen LogP contribution in [0.1, 0.15) is 46.8 Å². The first kappa shape index (κ1) is 18.7. The SMILES string of the molecule is CCCCNC(=O)NC(=O)COC(=O)c1c(C)cc(C)cc1C. The normalized spacial score (nSPS) is 10.1. The molecule has 0 aliphatic carbocycles. The van der Waals surface area contributed by atoms with Crippen LogP contribution in [0.25, 0.3) is 0 Å². The molecule has 6 heteroatoms. The second kappa shape index (κ2) is 8.92. The van der Waals surface area contributed by atoms with Crippen LogP contribution in [0.15, 0.2) is 12.1 Å². The van der Waals surface area contributed by atoms with Gasteiger partial charge in [-0.15, -0.1) is 0 Å². The first-order chi connectivity index (χ1) is 10.8. The molecule has 0 atom stereocenters. The van der Waals surface area contributed by atoms with E-state index in [0.717, 1.165) is 29.5 Å². The van der Waals surface area contributed by atoms with Crippen molar-refractivity contribution < 1.29 is 19.1 Å². The number of hydrogen-bond acceptors (Lipinski definition) is 4. The fraction of sp³-hybridized carbons (Fsp3) is 0.471. The predicted molar refractivity (Wildman–Crippen MR) is 87.4 cm³/mol. The van der Waals surface area contributed by atoms with Crippen molar-refractivity contribution in [3.05, 3.63) is 34.4 Å². The molecule has 0 radical (unpaired) electrons. The van der Waals surface area contributed by atoms with Crippen LogP contribution < -0.4 is 10.6 Å². The molecule has 1 aromatic carbocycles. The van der Waals surface area contributed by atoms with Gasteiger partial charge in [0.05, 0.1) is 5.56 Å². The van der Waals surface area contributed by atoms with Gasteiger partial charge in [-0.25, -0.2) is 9.59 Å². The number of rotatable bonds is 6. The van der Waals surface area contributed by atoms with E-state index in [1.807, 2.05) is 39.8 Å². The van der Waals surface area contributed by atoms with Crippen LogP contribution >= 0.6 is 0 Å². The summed E-state index contributed by atoms with van der Waals surface area (Å²) in [4.78, 5) is 35.1. The van der Waals surface area contributed by atoms with Crippen molar-refractivity contribution in [2.24, 2.45) is 0 Å². The van der Waals surface area contributed by atoms with Crippen LogP contribution in [0.4, 0.5) is 4.79 Å². The Hall–Kier alpha value is -2.37. The number of amides is 3. The topological polar surface area (TPSA) is 84.5 Å². The van der Waals surface area contributed by atoms with Crippen molar-refractivity contribution in [2.75, 3.05) is 13.2 Å². The number of nitrogens with one attached hydrogen (secondary N) is 2. The zero-order valence-corrected chi connectivity index (χ0v) is 14.1. The zero-order chi connectivity index (χ0) is 17.4. The second-order valence-corrected chi connectivity index (χ2v) is 5.51. The van der Waals surface area contributed by atoms with Gasteiger partial charge in [-0.1, -0.05) is 31.0 Å². The lowest BCUT2D eigenvalue weighted by Crippen LogP contribution is -2.41. The minimum atomic E-state index is -0.658. The molecule has 0 aromatic heterocycles. The number of imide groups is 1. The quantitative estimate of drug-likeness (QED) is 0.622. The first-order valence-corrected chi connectivity index (χ1v) is 7.67. The first-order valence-electron chi connectivity index (χ1n) is 7.67. The van der Waals surface area contributed by atoms with Gasteiger partial charge in [0.2, 0.25) is 0 Å². The lowest BCUT2D eigenvalue weighted by atomic mass is 10.00. The summed E-state index contributed by atoms with van der Waals surface area (Å²) in [5.41, 5.74) is 3.10. The minimum Gasteiger partial charge on any atom is -0.452 e. The van der Waals surface area contributed by atoms with E-state index in [1.54, 1.807) is 0 Å². The van der Waals surface area contributed by atoms with Gasteiger partial charge >= 0.3 is 12.0 Å². The molecule has 2 N–H and O–H groups in total. The van der Waals surface area contributed by atoms with E-state index >= 15 is 0 Å². The minimum absolute atomic E-state index is 0.454. The Bertz CT molecular complexity index is 573. The van der Waals surface area contributed by atoms with Crippen molar-refractivity contribution in [2.45, 2.75) is 40.5 Å². The molecular weight excluding hydrogens is 296 g/mol. The molecule has 1 rings (SSSR count). The molecule has 1 aromatic rings. The molecule has 0 saturated heterocycles. The van der Waals surface area contributed by atoms with Crippen molar-refractivity contribution in [3.8, 4) is 0 Å². The molecule has 23 heavy (non-hydrogen) atoms. The van der Waals surface area contributed by atoms with Crippen molar-refractivity contribution in [3.63, 3.8) is 0 Å². The van der Waals surface area contributed by atoms with Crippen LogP contribution in [0.2, 0.25) is 0 Å². The van der Waals surface area contributed by atoms with Gasteiger partial charge < -0.3 is 10.1 Å². The van der Waals surface area contributed by atoms with E-state index in [1.165, 1.54) is 0 Å². The summed E-state index contributed by atoms with van der Waals surface area (Å²) >= 11 is 0. The maximum atomic E-state index is 12.1. The third kappa shape index (κ3) is 6.10. The van der Waals surface area contributed by atoms with Crippen LogP contribution in [0.3, 0.4) is 0 Å². The highest BCUT2D eigenvalue weighted by molar-refractivity contribution is 5.97. The molecule has 3 amide bonds. The highest BCUT2D eigenvalue weighted by atomic mass is 16.5. The molecule has 0 saturated carbocycles. The molecule has 0 aliphatic heterocycles. The van der Waals surface area contributed by atoms with Gasteiger partial charge in [0.1, 0.15) is 0 Å². The number of unbranched alkanes of at least 4 members (excludes halogenated alkanes) is 1. The summed E-state index contributed by atoms with van der Waals surface area (Å²) in [6.45, 7) is 7.58. The van der Waals surface area contributed by atoms with Gasteiger partial charge in [0.15, 0.2) is 6.61 Å². The molecule has 126 valence electrons. The number of ether oxygens (including phenoxy) is 1. The Balaban J connectivity index is 2.50. The number of carbonyl (C=O) groups is 3. The Labute approximate surface area is 136 Å². The van der Waals surface area contributed by atoms with Gasteiger partial charge in [0, 0.05) is 6.54 Å². The van der Waals surface area contributed by atoms with Crippen LogP contribution in [-0.2, 0) is 9.53 Å². The average molecular weight is 320 g/mol. The Morgan fingerprint density at radius 3 is 2.26 bits per heavy atom. The monoisotopic (exact) mass is 320 g/mol. The number of hydrogen-bond donors (Lipinski definition) is 2. The summed E-state index contributed by atoms with van der Waals surface area (Å²) in [6, 6.07) is 3.18. The number of carbonyl (C=O) groups excluding carboxylic acids is 3. The van der Waals surface area contributed by atoms with Crippen LogP contribution in [0.5, 0.6) is 0 Å². The summed E-state index contributed by atoms with van der Waals surface area (Å²) < 4.78 is 4.99. The standard InChI is InChI=1S/C17H24N2O4/c1-5-6-7-18-17(22)19-14(20)10-23-16(21)15-12(3)8-11(2)9-13(15)4/h8-9H,5-7,10H2,1-4H3,(H2,18,19,20,22). The predicted octanol–water partition coefficient (Wildman–Crippen LogP) is 2.39. The number of aryl methyl sites for hydroxylation is 3. The molecule has 6 nitrogen and oxygen atoms in total. The van der Waals surface area contributed by atoms with Gasteiger partial charge in [-0.3, -0.25) is 10.1 Å². The fourth-order valence-electron chi connectivity index (χ4n) is 2.29. The number of urea groups is 1. The molecule has 0 spiro atoms. The zero-order valence-electron chi connectivity index (χ0n) is 14.1. The average Bonchev–Trinajstić information content (AvgIpc) is 2.44. The van der Waals surface area contributed by atoms with E-state index < -0.39 is 24.5 Å². The largest absolute Gasteiger partial charge is 0.452 e. The number of benzene rings is 1. The molecule has 0 fully saturated rings. The van der Waals surface area contributed by atoms with Crippen molar-refractivity contribution in [1.82, 2.24) is 10.6 Å². The lowest BCUT2D eigenvalue weighted by Gasteiger charge is -2.11. The van der Waals surface area contributed by atoms with Crippen molar-refractivity contribution >= 4 is 17.9 Å². The molecule has 0 heterocycles. The maximum absolute atomic E-state index is 12.1. The van der Waals surface area contributed by atoms with E-state index in [2.05, 4.69) is 10.6 Å². The van der Waals surface area contributed by atoms with Gasteiger partial charge in [-0.2, -0.15) is 0 Å². The summed E-state index contributed by atoms with van der Waals surface area (Å²) in [5.74, 6) is -1.23. The molecule has 0 bridgehead atoms. The fourth-order valence-corrected chi connectivity index (χ4v) is 2.29. The number of esters is 1. The third-order valence-corrected chi connectivity index (χ3v) is 3.28. The molecule has 0 unspecified atom stereocenters. The molecular formula is C17H24N2O4. The third-order valence-electron chi connectivity index (χ3n) is 3.28. The van der Waals surface area contributed by atoms with Crippen molar-refractivity contribution in [1.29, 1.82) is 0 Å². The van der Waals surface area contributed by atoms with E-state index in [4.69, 9.17) is 4.74 Å².